The van der Waals surface area contributed by atoms with E-state index in [0.29, 0.717) is 18.2 Å². The first-order valence-electron chi connectivity index (χ1n) is 7.59. The zero-order chi connectivity index (χ0) is 16.1. The second kappa shape index (κ2) is 7.38. The van der Waals surface area contributed by atoms with Crippen molar-refractivity contribution in [2.75, 3.05) is 6.61 Å². The molecule has 0 spiro atoms. The van der Waals surface area contributed by atoms with E-state index >= 15 is 0 Å². The first kappa shape index (κ1) is 15.7. The molecule has 4 nitrogen and oxygen atoms in total. The summed E-state index contributed by atoms with van der Waals surface area (Å²) >= 11 is 6.11. The van der Waals surface area contributed by atoms with E-state index in [9.17, 15) is 4.79 Å². The second-order valence-corrected chi connectivity index (χ2v) is 5.91. The number of alkyl carbamates (subject to hydrolysis) is 1. The summed E-state index contributed by atoms with van der Waals surface area (Å²) in [5, 5.41) is 3.49. The van der Waals surface area contributed by atoms with Crippen molar-refractivity contribution < 1.29 is 14.3 Å². The zero-order valence-electron chi connectivity index (χ0n) is 12.6. The standard InChI is InChI=1S/C18H18ClNO3/c19-17-4-2-1-3-14(17)11-22-16-9-6-13(7-10-16)5-8-15-12-23-18(21)20-15/h1-4,6-7,9-10,15H,5,8,11-12H2,(H,20,21). The lowest BCUT2D eigenvalue weighted by Gasteiger charge is -2.10. The van der Waals surface area contributed by atoms with Crippen molar-refractivity contribution in [3.8, 4) is 5.75 Å². The molecule has 0 aromatic heterocycles. The maximum atomic E-state index is 11.0. The van der Waals surface area contributed by atoms with Crippen LogP contribution in [0.4, 0.5) is 4.79 Å². The number of carbonyl (C=O) groups excluding carboxylic acids is 1. The van der Waals surface area contributed by atoms with Crippen LogP contribution in [0.2, 0.25) is 5.02 Å². The van der Waals surface area contributed by atoms with Crippen molar-refractivity contribution in [1.82, 2.24) is 5.32 Å². The Balaban J connectivity index is 1.49. The van der Waals surface area contributed by atoms with E-state index < -0.39 is 0 Å². The van der Waals surface area contributed by atoms with E-state index in [1.807, 2.05) is 48.5 Å². The number of hydrogen-bond donors (Lipinski definition) is 1. The topological polar surface area (TPSA) is 47.6 Å². The van der Waals surface area contributed by atoms with Crippen molar-refractivity contribution in [1.29, 1.82) is 0 Å². The van der Waals surface area contributed by atoms with Crippen molar-refractivity contribution in [3.05, 3.63) is 64.7 Å². The van der Waals surface area contributed by atoms with Gasteiger partial charge in [0.05, 0.1) is 6.04 Å². The summed E-state index contributed by atoms with van der Waals surface area (Å²) in [6.07, 6.45) is 1.43. The molecular formula is C18H18ClNO3. The highest BCUT2D eigenvalue weighted by molar-refractivity contribution is 6.31. The van der Waals surface area contributed by atoms with Gasteiger partial charge in [-0.1, -0.05) is 41.9 Å². The van der Waals surface area contributed by atoms with Gasteiger partial charge in [-0.25, -0.2) is 4.79 Å². The Kier molecular flexibility index (Phi) is 5.03. The Morgan fingerprint density at radius 3 is 2.65 bits per heavy atom. The number of benzene rings is 2. The van der Waals surface area contributed by atoms with Gasteiger partial charge in [0, 0.05) is 10.6 Å². The average Bonchev–Trinajstić information content (AvgIpc) is 2.99. The number of aryl methyl sites for hydroxylation is 1. The molecule has 0 saturated carbocycles. The predicted molar refractivity (Wildman–Crippen MR) is 88.8 cm³/mol. The summed E-state index contributed by atoms with van der Waals surface area (Å²) < 4.78 is 10.6. The van der Waals surface area contributed by atoms with Crippen LogP contribution in [-0.4, -0.2) is 18.7 Å². The van der Waals surface area contributed by atoms with Crippen LogP contribution in [0.15, 0.2) is 48.5 Å². The second-order valence-electron chi connectivity index (χ2n) is 5.50. The quantitative estimate of drug-likeness (QED) is 0.871. The third-order valence-electron chi connectivity index (χ3n) is 3.79. The molecular weight excluding hydrogens is 314 g/mol. The molecule has 1 fully saturated rings. The molecule has 1 atom stereocenters. The van der Waals surface area contributed by atoms with Crippen LogP contribution in [-0.2, 0) is 17.8 Å². The number of ether oxygens (including phenoxy) is 2. The van der Waals surface area contributed by atoms with Crippen LogP contribution in [0.3, 0.4) is 0 Å². The average molecular weight is 332 g/mol. The third kappa shape index (κ3) is 4.39. The predicted octanol–water partition coefficient (Wildman–Crippen LogP) is 3.96. The van der Waals surface area contributed by atoms with Crippen LogP contribution in [0.25, 0.3) is 0 Å². The highest BCUT2D eigenvalue weighted by Gasteiger charge is 2.21. The van der Waals surface area contributed by atoms with Crippen molar-refractivity contribution in [3.63, 3.8) is 0 Å². The summed E-state index contributed by atoms with van der Waals surface area (Å²) in [6.45, 7) is 0.905. The fourth-order valence-electron chi connectivity index (χ4n) is 2.45. The van der Waals surface area contributed by atoms with Gasteiger partial charge in [0.2, 0.25) is 0 Å². The lowest BCUT2D eigenvalue weighted by molar-refractivity contribution is 0.176. The fourth-order valence-corrected chi connectivity index (χ4v) is 2.64. The summed E-state index contributed by atoms with van der Waals surface area (Å²) in [6, 6.07) is 15.8. The van der Waals surface area contributed by atoms with E-state index in [-0.39, 0.29) is 12.1 Å². The number of rotatable bonds is 6. The molecule has 0 aliphatic carbocycles. The first-order valence-corrected chi connectivity index (χ1v) is 7.97. The van der Waals surface area contributed by atoms with Gasteiger partial charge in [-0.3, -0.25) is 0 Å². The van der Waals surface area contributed by atoms with Crippen LogP contribution in [0.1, 0.15) is 17.5 Å². The fraction of sp³-hybridized carbons (Fsp3) is 0.278. The molecule has 1 unspecified atom stereocenters. The molecule has 1 amide bonds. The number of amides is 1. The normalized spacial score (nSPS) is 16.7. The van der Waals surface area contributed by atoms with E-state index in [1.54, 1.807) is 0 Å². The molecule has 1 heterocycles. The number of carbonyl (C=O) groups is 1. The Hall–Kier alpha value is -2.20. The third-order valence-corrected chi connectivity index (χ3v) is 4.16. The molecule has 5 heteroatoms. The van der Waals surface area contributed by atoms with Gasteiger partial charge in [0.25, 0.3) is 0 Å². The summed E-state index contributed by atoms with van der Waals surface area (Å²) in [5.74, 6) is 0.811. The minimum atomic E-state index is -0.321. The van der Waals surface area contributed by atoms with Crippen LogP contribution < -0.4 is 10.1 Å². The van der Waals surface area contributed by atoms with Crippen molar-refractivity contribution in [2.45, 2.75) is 25.5 Å². The van der Waals surface area contributed by atoms with Crippen LogP contribution in [0, 0.1) is 0 Å². The van der Waals surface area contributed by atoms with E-state index in [1.165, 1.54) is 5.56 Å². The smallest absolute Gasteiger partial charge is 0.407 e. The van der Waals surface area contributed by atoms with Gasteiger partial charge < -0.3 is 14.8 Å². The monoisotopic (exact) mass is 331 g/mol. The van der Waals surface area contributed by atoms with Gasteiger partial charge in [0.15, 0.2) is 0 Å². The van der Waals surface area contributed by atoms with Gasteiger partial charge in [-0.2, -0.15) is 0 Å². The van der Waals surface area contributed by atoms with Crippen LogP contribution >= 0.6 is 11.6 Å². The molecule has 2 aromatic rings. The van der Waals surface area contributed by atoms with Crippen molar-refractivity contribution in [2.24, 2.45) is 0 Å². The molecule has 0 bridgehead atoms. The molecule has 120 valence electrons. The minimum absolute atomic E-state index is 0.110. The van der Waals surface area contributed by atoms with Gasteiger partial charge >= 0.3 is 6.09 Å². The SMILES string of the molecule is O=C1NC(CCc2ccc(OCc3ccccc3Cl)cc2)CO1. The number of nitrogens with one attached hydrogen (secondary N) is 1. The molecule has 1 aliphatic rings. The van der Waals surface area contributed by atoms with E-state index in [2.05, 4.69) is 5.32 Å². The minimum Gasteiger partial charge on any atom is -0.489 e. The number of hydrogen-bond acceptors (Lipinski definition) is 3. The summed E-state index contributed by atoms with van der Waals surface area (Å²) in [4.78, 5) is 11.0. The Labute approximate surface area is 140 Å². The van der Waals surface area contributed by atoms with Crippen molar-refractivity contribution >= 4 is 17.7 Å². The lowest BCUT2D eigenvalue weighted by Crippen LogP contribution is -2.26. The Bertz CT molecular complexity index is 672. The molecule has 1 N–H and O–H groups in total. The van der Waals surface area contributed by atoms with E-state index in [0.717, 1.165) is 24.2 Å². The largest absolute Gasteiger partial charge is 0.489 e. The molecule has 1 aliphatic heterocycles. The molecule has 23 heavy (non-hydrogen) atoms. The van der Waals surface area contributed by atoms with Gasteiger partial charge in [-0.15, -0.1) is 0 Å². The summed E-state index contributed by atoms with van der Waals surface area (Å²) in [5.41, 5.74) is 2.17. The highest BCUT2D eigenvalue weighted by atomic mass is 35.5. The number of cyclic esters (lactones) is 1. The maximum Gasteiger partial charge on any atom is 0.407 e. The molecule has 0 radical (unpaired) electrons. The molecule has 2 aromatic carbocycles. The Morgan fingerprint density at radius 2 is 1.96 bits per heavy atom. The highest BCUT2D eigenvalue weighted by Crippen LogP contribution is 2.19. The van der Waals surface area contributed by atoms with E-state index in [4.69, 9.17) is 21.1 Å². The number of halogens is 1. The lowest BCUT2D eigenvalue weighted by atomic mass is 10.1. The maximum absolute atomic E-state index is 11.0. The van der Waals surface area contributed by atoms with Gasteiger partial charge in [-0.05, 0) is 36.6 Å². The first-order chi connectivity index (χ1) is 11.2. The molecule has 3 rings (SSSR count). The molecule has 1 saturated heterocycles. The summed E-state index contributed by atoms with van der Waals surface area (Å²) in [7, 11) is 0. The Morgan fingerprint density at radius 1 is 1.17 bits per heavy atom. The zero-order valence-corrected chi connectivity index (χ0v) is 13.4. The van der Waals surface area contributed by atoms with Gasteiger partial charge in [0.1, 0.15) is 19.0 Å². The van der Waals surface area contributed by atoms with Crippen LogP contribution in [0.5, 0.6) is 5.75 Å².